The van der Waals surface area contributed by atoms with Gasteiger partial charge >= 0.3 is 12.0 Å². The summed E-state index contributed by atoms with van der Waals surface area (Å²) in [7, 11) is 1.41. The Bertz CT molecular complexity index is 1360. The molecule has 198 valence electrons. The largest absolute Gasteiger partial charge is 0.496 e. The number of hydrogen-bond donors (Lipinski definition) is 3. The van der Waals surface area contributed by atoms with E-state index < -0.39 is 18.0 Å². The normalized spacial score (nSPS) is 14.9. The molecule has 0 aromatic heterocycles. The number of carbonyl (C=O) groups is 3. The van der Waals surface area contributed by atoms with Gasteiger partial charge in [0.2, 0.25) is 5.91 Å². The number of carboxylic acids is 1. The van der Waals surface area contributed by atoms with E-state index in [1.807, 2.05) is 13.8 Å². The van der Waals surface area contributed by atoms with Crippen LogP contribution >= 0.6 is 0 Å². The lowest BCUT2D eigenvalue weighted by molar-refractivity contribution is -0.119. The number of urea groups is 1. The molecule has 3 aromatic carbocycles. The number of halogens is 1. The van der Waals surface area contributed by atoms with E-state index in [2.05, 4.69) is 10.6 Å². The molecule has 0 bridgehead atoms. The number of nitrogens with zero attached hydrogens (tertiary/aromatic N) is 1. The summed E-state index contributed by atoms with van der Waals surface area (Å²) in [6.45, 7) is 4.21. The number of carbonyl (C=O) groups excluding carboxylic acids is 2. The van der Waals surface area contributed by atoms with Crippen molar-refractivity contribution in [3.63, 3.8) is 0 Å². The van der Waals surface area contributed by atoms with E-state index in [0.717, 1.165) is 11.1 Å². The summed E-state index contributed by atoms with van der Waals surface area (Å²) >= 11 is 0. The zero-order valence-corrected chi connectivity index (χ0v) is 21.5. The summed E-state index contributed by atoms with van der Waals surface area (Å²) < 4.78 is 19.5. The zero-order chi connectivity index (χ0) is 27.4. The highest BCUT2D eigenvalue weighted by Gasteiger charge is 2.34. The molecular weight excluding hydrogens is 489 g/mol. The Balaban J connectivity index is 1.41. The van der Waals surface area contributed by atoms with Gasteiger partial charge < -0.3 is 25.4 Å². The molecule has 9 heteroatoms. The number of likely N-dealkylation sites (tertiary alicyclic amines) is 1. The minimum Gasteiger partial charge on any atom is -0.496 e. The van der Waals surface area contributed by atoms with Crippen LogP contribution in [0.2, 0.25) is 0 Å². The number of carboxylic acid groups (broad SMARTS) is 1. The van der Waals surface area contributed by atoms with Crippen LogP contribution in [-0.2, 0) is 4.79 Å². The predicted molar refractivity (Wildman–Crippen MR) is 143 cm³/mol. The maximum absolute atomic E-state index is 14.3. The van der Waals surface area contributed by atoms with Gasteiger partial charge in [-0.1, -0.05) is 38.1 Å². The van der Waals surface area contributed by atoms with E-state index in [1.165, 1.54) is 24.1 Å². The first-order valence-corrected chi connectivity index (χ1v) is 12.4. The predicted octanol–water partition coefficient (Wildman–Crippen LogP) is 5.96. The molecule has 38 heavy (non-hydrogen) atoms. The molecule has 8 nitrogen and oxygen atoms in total. The molecule has 0 spiro atoms. The van der Waals surface area contributed by atoms with Gasteiger partial charge in [0.25, 0.3) is 0 Å². The first kappa shape index (κ1) is 26.7. The highest BCUT2D eigenvalue weighted by molar-refractivity contribution is 5.99. The van der Waals surface area contributed by atoms with E-state index in [9.17, 15) is 23.9 Å². The van der Waals surface area contributed by atoms with Gasteiger partial charge in [-0.05, 0) is 71.8 Å². The Hall–Kier alpha value is -4.40. The van der Waals surface area contributed by atoms with Crippen molar-refractivity contribution in [2.45, 2.75) is 38.6 Å². The third kappa shape index (κ3) is 5.77. The Morgan fingerprint density at radius 2 is 1.66 bits per heavy atom. The summed E-state index contributed by atoms with van der Waals surface area (Å²) in [5, 5.41) is 14.8. The first-order chi connectivity index (χ1) is 18.2. The summed E-state index contributed by atoms with van der Waals surface area (Å²) in [6, 6.07) is 15.4. The second-order valence-electron chi connectivity index (χ2n) is 9.46. The SMILES string of the molecule is COc1cc(-c2ccc(NC(=O)[C@H]3CCCN3C(=O)Nc3ccc(C(C)C)c(F)c3)cc2)ccc1C(=O)O. The number of ether oxygens (including phenoxy) is 1. The van der Waals surface area contributed by atoms with Crippen LogP contribution in [0.5, 0.6) is 5.75 Å². The molecule has 0 aliphatic carbocycles. The third-order valence-electron chi connectivity index (χ3n) is 6.61. The maximum atomic E-state index is 14.3. The molecule has 4 rings (SSSR count). The number of anilines is 2. The molecule has 1 heterocycles. The number of nitrogens with one attached hydrogen (secondary N) is 2. The molecule has 3 amide bonds. The fraction of sp³-hybridized carbons (Fsp3) is 0.276. The summed E-state index contributed by atoms with van der Waals surface area (Å²) in [6.07, 6.45) is 1.20. The molecule has 1 atom stereocenters. The fourth-order valence-electron chi connectivity index (χ4n) is 4.57. The van der Waals surface area contributed by atoms with Crippen molar-refractivity contribution in [3.05, 3.63) is 77.6 Å². The Morgan fingerprint density at radius 3 is 2.29 bits per heavy atom. The van der Waals surface area contributed by atoms with Crippen molar-refractivity contribution >= 4 is 29.3 Å². The maximum Gasteiger partial charge on any atom is 0.339 e. The van der Waals surface area contributed by atoms with Gasteiger partial charge in [0.15, 0.2) is 0 Å². The van der Waals surface area contributed by atoms with Gasteiger partial charge in [-0.25, -0.2) is 14.0 Å². The minimum atomic E-state index is -1.07. The van der Waals surface area contributed by atoms with Gasteiger partial charge in [-0.15, -0.1) is 0 Å². The zero-order valence-electron chi connectivity index (χ0n) is 21.5. The Morgan fingerprint density at radius 1 is 0.974 bits per heavy atom. The topological polar surface area (TPSA) is 108 Å². The Labute approximate surface area is 220 Å². The van der Waals surface area contributed by atoms with Gasteiger partial charge in [0, 0.05) is 17.9 Å². The van der Waals surface area contributed by atoms with Crippen LogP contribution in [0, 0.1) is 5.82 Å². The van der Waals surface area contributed by atoms with Crippen molar-refractivity contribution in [3.8, 4) is 16.9 Å². The van der Waals surface area contributed by atoms with Crippen LogP contribution in [0.25, 0.3) is 11.1 Å². The first-order valence-electron chi connectivity index (χ1n) is 12.4. The van der Waals surface area contributed by atoms with Crippen molar-refractivity contribution in [2.75, 3.05) is 24.3 Å². The van der Waals surface area contributed by atoms with Gasteiger partial charge in [-0.2, -0.15) is 0 Å². The molecule has 1 aliphatic heterocycles. The minimum absolute atomic E-state index is 0.0285. The third-order valence-corrected chi connectivity index (χ3v) is 6.61. The molecule has 1 aliphatic rings. The molecule has 3 aromatic rings. The second kappa shape index (κ2) is 11.3. The van der Waals surface area contributed by atoms with Crippen LogP contribution in [0.1, 0.15) is 48.5 Å². The smallest absolute Gasteiger partial charge is 0.339 e. The average molecular weight is 520 g/mol. The second-order valence-corrected chi connectivity index (χ2v) is 9.46. The summed E-state index contributed by atoms with van der Waals surface area (Å²) in [5.74, 6) is -1.48. The van der Waals surface area contributed by atoms with E-state index in [0.29, 0.717) is 36.3 Å². The molecular formula is C29H30FN3O5. The molecule has 0 unspecified atom stereocenters. The average Bonchev–Trinajstić information content (AvgIpc) is 3.39. The van der Waals surface area contributed by atoms with E-state index in [1.54, 1.807) is 48.5 Å². The van der Waals surface area contributed by atoms with E-state index in [4.69, 9.17) is 4.74 Å². The monoisotopic (exact) mass is 519 g/mol. The van der Waals surface area contributed by atoms with Crippen molar-refractivity contribution in [1.82, 2.24) is 4.90 Å². The fourth-order valence-corrected chi connectivity index (χ4v) is 4.57. The molecule has 0 saturated carbocycles. The molecule has 1 saturated heterocycles. The Kier molecular flexibility index (Phi) is 7.95. The lowest BCUT2D eigenvalue weighted by atomic mass is 10.0. The van der Waals surface area contributed by atoms with Crippen molar-refractivity contribution < 1.29 is 28.6 Å². The van der Waals surface area contributed by atoms with Crippen LogP contribution in [0.15, 0.2) is 60.7 Å². The van der Waals surface area contributed by atoms with Gasteiger partial charge in [0.1, 0.15) is 23.2 Å². The van der Waals surface area contributed by atoms with E-state index >= 15 is 0 Å². The van der Waals surface area contributed by atoms with Crippen LogP contribution < -0.4 is 15.4 Å². The lowest BCUT2D eigenvalue weighted by Crippen LogP contribution is -2.45. The van der Waals surface area contributed by atoms with Crippen LogP contribution in [0.3, 0.4) is 0 Å². The van der Waals surface area contributed by atoms with E-state index in [-0.39, 0.29) is 29.0 Å². The number of rotatable bonds is 7. The summed E-state index contributed by atoms with van der Waals surface area (Å²) in [5.41, 5.74) is 3.13. The number of amides is 3. The van der Waals surface area contributed by atoms with Gasteiger partial charge in [-0.3, -0.25) is 4.79 Å². The van der Waals surface area contributed by atoms with Crippen molar-refractivity contribution in [2.24, 2.45) is 0 Å². The van der Waals surface area contributed by atoms with Crippen LogP contribution in [0.4, 0.5) is 20.6 Å². The lowest BCUT2D eigenvalue weighted by Gasteiger charge is -2.24. The molecule has 0 radical (unpaired) electrons. The highest BCUT2D eigenvalue weighted by atomic mass is 19.1. The van der Waals surface area contributed by atoms with Crippen LogP contribution in [-0.4, -0.2) is 47.6 Å². The molecule has 1 fully saturated rings. The van der Waals surface area contributed by atoms with Crippen molar-refractivity contribution in [1.29, 1.82) is 0 Å². The number of aromatic carboxylic acids is 1. The summed E-state index contributed by atoms with van der Waals surface area (Å²) in [4.78, 5) is 38.7. The number of benzene rings is 3. The number of methoxy groups -OCH3 is 1. The standard InChI is InChI=1S/C29H30FN3O5/c1-17(2)22-13-11-21(16-24(22)30)32-29(37)33-14-4-5-25(33)27(34)31-20-9-6-18(7-10-20)19-8-12-23(28(35)36)26(15-19)38-3/h6-13,15-17,25H,4-5,14H2,1-3H3,(H,31,34)(H,32,37)(H,35,36)/t25-/m1/s1. The quantitative estimate of drug-likeness (QED) is 0.357. The van der Waals surface area contributed by atoms with Gasteiger partial charge in [0.05, 0.1) is 7.11 Å². The number of hydrogen-bond acceptors (Lipinski definition) is 4. The highest BCUT2D eigenvalue weighted by Crippen LogP contribution is 2.29. The molecule has 3 N–H and O–H groups in total.